The summed E-state index contributed by atoms with van der Waals surface area (Å²) < 4.78 is 28.6. The topological polar surface area (TPSA) is 95.4 Å². The molecule has 0 aliphatic heterocycles. The number of hydrogen-bond donors (Lipinski definition) is 2. The summed E-state index contributed by atoms with van der Waals surface area (Å²) >= 11 is 0. The molecular weight excluding hydrogens is 276 g/mol. The molecule has 0 aliphatic rings. The third-order valence-electron chi connectivity index (χ3n) is 2.88. The maximum Gasteiger partial charge on any atom is 0.238 e. The number of anilines is 1. The molecule has 2 aromatic rings. The van der Waals surface area contributed by atoms with Crippen molar-refractivity contribution in [2.75, 3.05) is 5.73 Å². The van der Waals surface area contributed by atoms with Crippen LogP contribution in [0.15, 0.2) is 47.4 Å². The molecule has 2 rings (SSSR count). The highest BCUT2D eigenvalue weighted by Crippen LogP contribution is 2.28. The molecule has 0 radical (unpaired) electrons. The minimum Gasteiger partial charge on any atom is -0.489 e. The van der Waals surface area contributed by atoms with Crippen LogP contribution in [0.4, 0.5) is 5.69 Å². The number of hydrogen-bond acceptors (Lipinski definition) is 4. The van der Waals surface area contributed by atoms with E-state index in [1.807, 2.05) is 30.3 Å². The Morgan fingerprint density at radius 3 is 2.40 bits per heavy atom. The lowest BCUT2D eigenvalue weighted by Gasteiger charge is -2.13. The normalized spacial score (nSPS) is 11.3. The number of ether oxygens (including phenoxy) is 1. The number of nitrogens with two attached hydrogens (primary N) is 2. The van der Waals surface area contributed by atoms with Crippen molar-refractivity contribution in [1.29, 1.82) is 0 Å². The van der Waals surface area contributed by atoms with E-state index in [0.717, 1.165) is 5.56 Å². The summed E-state index contributed by atoms with van der Waals surface area (Å²) in [5.41, 5.74) is 7.42. The molecule has 4 N–H and O–H groups in total. The highest BCUT2D eigenvalue weighted by molar-refractivity contribution is 7.89. The van der Waals surface area contributed by atoms with Gasteiger partial charge in [-0.2, -0.15) is 0 Å². The molecule has 0 amide bonds. The summed E-state index contributed by atoms with van der Waals surface area (Å²) in [5.74, 6) is 0.415. The number of benzene rings is 2. The maximum absolute atomic E-state index is 11.5. The lowest BCUT2D eigenvalue weighted by atomic mass is 10.2. The van der Waals surface area contributed by atoms with E-state index in [4.69, 9.17) is 15.6 Å². The van der Waals surface area contributed by atoms with Crippen LogP contribution in [-0.4, -0.2) is 8.42 Å². The van der Waals surface area contributed by atoms with Crippen molar-refractivity contribution in [3.63, 3.8) is 0 Å². The molecule has 106 valence electrons. The van der Waals surface area contributed by atoms with Crippen molar-refractivity contribution < 1.29 is 13.2 Å². The van der Waals surface area contributed by atoms with Crippen molar-refractivity contribution in [3.05, 3.63) is 53.6 Å². The summed E-state index contributed by atoms with van der Waals surface area (Å²) in [6.07, 6.45) is 0. The van der Waals surface area contributed by atoms with Gasteiger partial charge in [-0.3, -0.25) is 0 Å². The van der Waals surface area contributed by atoms with Crippen LogP contribution < -0.4 is 15.6 Å². The highest BCUT2D eigenvalue weighted by atomic mass is 32.2. The Bertz CT molecular complexity index is 713. The maximum atomic E-state index is 11.5. The summed E-state index contributed by atoms with van der Waals surface area (Å²) in [7, 11) is -3.82. The largest absolute Gasteiger partial charge is 0.489 e. The average Bonchev–Trinajstić information content (AvgIpc) is 2.39. The van der Waals surface area contributed by atoms with Gasteiger partial charge in [-0.25, -0.2) is 13.6 Å². The van der Waals surface area contributed by atoms with Crippen LogP contribution in [0.2, 0.25) is 0 Å². The van der Waals surface area contributed by atoms with Crippen LogP contribution in [0.25, 0.3) is 0 Å². The summed E-state index contributed by atoms with van der Waals surface area (Å²) in [6.45, 7) is 1.97. The van der Waals surface area contributed by atoms with Crippen LogP contribution in [-0.2, 0) is 16.6 Å². The third kappa shape index (κ3) is 3.28. The van der Waals surface area contributed by atoms with Crippen molar-refractivity contribution >= 4 is 15.7 Å². The first-order valence-corrected chi connectivity index (χ1v) is 7.52. The predicted octanol–water partition coefficient (Wildman–Crippen LogP) is 1.80. The highest BCUT2D eigenvalue weighted by Gasteiger charge is 2.16. The van der Waals surface area contributed by atoms with Crippen molar-refractivity contribution in [2.45, 2.75) is 18.4 Å². The van der Waals surface area contributed by atoms with Crippen molar-refractivity contribution in [3.8, 4) is 5.75 Å². The van der Waals surface area contributed by atoms with Gasteiger partial charge in [0.15, 0.2) is 0 Å². The van der Waals surface area contributed by atoms with Crippen LogP contribution in [0.3, 0.4) is 0 Å². The van der Waals surface area contributed by atoms with E-state index in [9.17, 15) is 8.42 Å². The van der Waals surface area contributed by atoms with Crippen molar-refractivity contribution in [1.82, 2.24) is 0 Å². The molecule has 6 heteroatoms. The van der Waals surface area contributed by atoms with Gasteiger partial charge in [-0.1, -0.05) is 30.3 Å². The second-order valence-electron chi connectivity index (χ2n) is 4.46. The van der Waals surface area contributed by atoms with Gasteiger partial charge in [0, 0.05) is 17.3 Å². The lowest BCUT2D eigenvalue weighted by molar-refractivity contribution is 0.303. The Morgan fingerprint density at radius 1 is 1.15 bits per heavy atom. The molecule has 0 atom stereocenters. The van der Waals surface area contributed by atoms with Gasteiger partial charge in [-0.05, 0) is 18.6 Å². The molecule has 5 nitrogen and oxygen atoms in total. The van der Waals surface area contributed by atoms with E-state index in [1.165, 1.54) is 6.07 Å². The zero-order chi connectivity index (χ0) is 14.8. The Morgan fingerprint density at radius 2 is 1.80 bits per heavy atom. The zero-order valence-corrected chi connectivity index (χ0v) is 11.9. The molecule has 0 aliphatic carbocycles. The first-order chi connectivity index (χ1) is 9.38. The SMILES string of the molecule is Cc1c(OCc2ccccc2)cc(N)cc1S(N)(=O)=O. The minimum absolute atomic E-state index is 0.0134. The summed E-state index contributed by atoms with van der Waals surface area (Å²) in [5, 5.41) is 5.16. The van der Waals surface area contributed by atoms with Gasteiger partial charge in [0.25, 0.3) is 0 Å². The molecule has 20 heavy (non-hydrogen) atoms. The van der Waals surface area contributed by atoms with Crippen LogP contribution in [0, 0.1) is 6.92 Å². The van der Waals surface area contributed by atoms with E-state index >= 15 is 0 Å². The Kier molecular flexibility index (Phi) is 3.96. The quantitative estimate of drug-likeness (QED) is 0.840. The van der Waals surface area contributed by atoms with Gasteiger partial charge >= 0.3 is 0 Å². The monoisotopic (exact) mass is 292 g/mol. The Labute approximate surface area is 118 Å². The van der Waals surface area contributed by atoms with Gasteiger partial charge in [0.1, 0.15) is 12.4 Å². The third-order valence-corrected chi connectivity index (χ3v) is 3.92. The van der Waals surface area contributed by atoms with Crippen molar-refractivity contribution in [2.24, 2.45) is 5.14 Å². The molecular formula is C14H16N2O3S. The lowest BCUT2D eigenvalue weighted by Crippen LogP contribution is -2.14. The Balaban J connectivity index is 2.31. The zero-order valence-electron chi connectivity index (χ0n) is 11.0. The van der Waals surface area contributed by atoms with Gasteiger partial charge in [-0.15, -0.1) is 0 Å². The minimum atomic E-state index is -3.82. The Hall–Kier alpha value is -2.05. The van der Waals surface area contributed by atoms with Gasteiger partial charge in [0.2, 0.25) is 10.0 Å². The van der Waals surface area contributed by atoms with Crippen LogP contribution in [0.1, 0.15) is 11.1 Å². The van der Waals surface area contributed by atoms with E-state index in [-0.39, 0.29) is 4.90 Å². The fourth-order valence-electron chi connectivity index (χ4n) is 1.86. The molecule has 0 saturated heterocycles. The van der Waals surface area contributed by atoms with Crippen LogP contribution in [0.5, 0.6) is 5.75 Å². The second kappa shape index (κ2) is 5.52. The van der Waals surface area contributed by atoms with E-state index < -0.39 is 10.0 Å². The molecule has 2 aromatic carbocycles. The summed E-state index contributed by atoms with van der Waals surface area (Å²) in [6, 6.07) is 12.5. The van der Waals surface area contributed by atoms with E-state index in [1.54, 1.807) is 13.0 Å². The molecule has 0 fully saturated rings. The second-order valence-corrected chi connectivity index (χ2v) is 5.99. The molecule has 0 bridgehead atoms. The fourth-order valence-corrected chi connectivity index (χ4v) is 2.69. The van der Waals surface area contributed by atoms with E-state index in [0.29, 0.717) is 23.6 Å². The smallest absolute Gasteiger partial charge is 0.238 e. The number of nitrogen functional groups attached to an aromatic ring is 1. The molecule has 0 unspecified atom stereocenters. The predicted molar refractivity (Wildman–Crippen MR) is 77.7 cm³/mol. The standard InChI is InChI=1S/C14H16N2O3S/c1-10-13(19-9-11-5-3-2-4-6-11)7-12(15)8-14(10)20(16,17)18/h2-8H,9,15H2,1H3,(H2,16,17,18). The van der Waals surface area contributed by atoms with E-state index in [2.05, 4.69) is 0 Å². The number of rotatable bonds is 4. The number of primary sulfonamides is 1. The van der Waals surface area contributed by atoms with Crippen LogP contribution >= 0.6 is 0 Å². The first-order valence-electron chi connectivity index (χ1n) is 5.97. The average molecular weight is 292 g/mol. The summed E-state index contributed by atoms with van der Waals surface area (Å²) in [4.78, 5) is -0.0134. The molecule has 0 saturated carbocycles. The molecule has 0 aromatic heterocycles. The molecule has 0 heterocycles. The first kappa shape index (κ1) is 14.4. The fraction of sp³-hybridized carbons (Fsp3) is 0.143. The number of sulfonamides is 1. The molecule has 0 spiro atoms. The van der Waals surface area contributed by atoms with Gasteiger partial charge < -0.3 is 10.5 Å². The van der Waals surface area contributed by atoms with Gasteiger partial charge in [0.05, 0.1) is 4.90 Å².